The van der Waals surface area contributed by atoms with Crippen LogP contribution in [-0.4, -0.2) is 54.1 Å². The van der Waals surface area contributed by atoms with Crippen LogP contribution in [0.4, 0.5) is 0 Å². The summed E-state index contributed by atoms with van der Waals surface area (Å²) < 4.78 is 4.93. The number of carboxylic acid groups (broad SMARTS) is 1. The molecule has 0 radical (unpaired) electrons. The zero-order valence-electron chi connectivity index (χ0n) is 21.2. The average Bonchev–Trinajstić information content (AvgIpc) is 2.93. The van der Waals surface area contributed by atoms with Gasteiger partial charge in [0.25, 0.3) is 5.91 Å². The summed E-state index contributed by atoms with van der Waals surface area (Å²) in [4.78, 5) is 38.8. The molecule has 4 rings (SSSR count). The van der Waals surface area contributed by atoms with Crippen molar-refractivity contribution in [2.75, 3.05) is 20.2 Å². The fraction of sp³-hybridized carbons (Fsp3) is 0.300. The smallest absolute Gasteiger partial charge is 0.328 e. The Hall–Kier alpha value is -3.68. The molecule has 38 heavy (non-hydrogen) atoms. The molecule has 0 unspecified atom stereocenters. The summed E-state index contributed by atoms with van der Waals surface area (Å²) >= 11 is 6.14. The summed E-state index contributed by atoms with van der Waals surface area (Å²) in [7, 11) is 1.29. The van der Waals surface area contributed by atoms with Crippen molar-refractivity contribution in [3.05, 3.63) is 94.5 Å². The van der Waals surface area contributed by atoms with Gasteiger partial charge in [-0.05, 0) is 60.3 Å². The molecule has 3 aromatic carbocycles. The van der Waals surface area contributed by atoms with Crippen LogP contribution in [0.15, 0.2) is 72.8 Å². The molecule has 198 valence electrons. The summed E-state index contributed by atoms with van der Waals surface area (Å²) in [6.45, 7) is 2.28. The number of rotatable bonds is 9. The lowest BCUT2D eigenvalue weighted by Crippen LogP contribution is -2.43. The molecule has 1 aliphatic heterocycles. The van der Waals surface area contributed by atoms with E-state index in [4.69, 9.17) is 16.3 Å². The molecule has 2 N–H and O–H groups in total. The van der Waals surface area contributed by atoms with E-state index in [9.17, 15) is 19.5 Å². The maximum Gasteiger partial charge on any atom is 0.328 e. The molecule has 0 aromatic heterocycles. The van der Waals surface area contributed by atoms with Gasteiger partial charge in [0, 0.05) is 13.0 Å². The topological polar surface area (TPSA) is 95.9 Å². The van der Waals surface area contributed by atoms with Gasteiger partial charge in [-0.15, -0.1) is 0 Å². The lowest BCUT2D eigenvalue weighted by molar-refractivity contribution is -0.144. The highest BCUT2D eigenvalue weighted by molar-refractivity contribution is 6.33. The molecule has 7 nitrogen and oxygen atoms in total. The van der Waals surface area contributed by atoms with Gasteiger partial charge in [0.2, 0.25) is 0 Å². The number of carbonyl (C=O) groups excluding carboxylic acids is 2. The minimum Gasteiger partial charge on any atom is -0.481 e. The third kappa shape index (κ3) is 6.79. The number of carbonyl (C=O) groups is 3. The normalized spacial score (nSPS) is 15.0. The van der Waals surface area contributed by atoms with Crippen LogP contribution in [0.2, 0.25) is 5.02 Å². The van der Waals surface area contributed by atoms with Gasteiger partial charge < -0.3 is 15.2 Å². The van der Waals surface area contributed by atoms with Crippen molar-refractivity contribution >= 4 is 29.4 Å². The van der Waals surface area contributed by atoms with Gasteiger partial charge in [-0.2, -0.15) is 0 Å². The number of halogens is 1. The summed E-state index contributed by atoms with van der Waals surface area (Å²) in [6, 6.07) is 21.9. The lowest BCUT2D eigenvalue weighted by Gasteiger charge is -2.30. The number of amides is 1. The van der Waals surface area contributed by atoms with Crippen LogP contribution in [0, 0.1) is 5.92 Å². The second kappa shape index (κ2) is 12.7. The first-order chi connectivity index (χ1) is 18.4. The summed E-state index contributed by atoms with van der Waals surface area (Å²) in [5, 5.41) is 12.3. The Kier molecular flexibility index (Phi) is 9.15. The van der Waals surface area contributed by atoms with Gasteiger partial charge in [0.05, 0.1) is 23.6 Å². The van der Waals surface area contributed by atoms with Crippen LogP contribution in [0.1, 0.15) is 34.3 Å². The maximum atomic E-state index is 12.7. The van der Waals surface area contributed by atoms with E-state index in [1.165, 1.54) is 12.7 Å². The number of hydrogen-bond acceptors (Lipinski definition) is 5. The average molecular weight is 535 g/mol. The molecule has 0 bridgehead atoms. The lowest BCUT2D eigenvalue weighted by atomic mass is 9.94. The molecule has 1 heterocycles. The monoisotopic (exact) mass is 534 g/mol. The zero-order valence-corrected chi connectivity index (χ0v) is 22.0. The number of nitrogens with one attached hydrogen (secondary N) is 1. The Bertz CT molecular complexity index is 1290. The number of likely N-dealkylation sites (tertiary alicyclic amines) is 1. The number of nitrogens with zero attached hydrogens (tertiary/aromatic N) is 1. The fourth-order valence-electron chi connectivity index (χ4n) is 4.79. The van der Waals surface area contributed by atoms with Gasteiger partial charge in [-0.25, -0.2) is 4.79 Å². The Morgan fingerprint density at radius 1 is 1.00 bits per heavy atom. The predicted octanol–water partition coefficient (Wildman–Crippen LogP) is 4.82. The highest BCUT2D eigenvalue weighted by atomic mass is 35.5. The second-order valence-corrected chi connectivity index (χ2v) is 9.88. The molecule has 1 aliphatic rings. The van der Waals surface area contributed by atoms with Crippen molar-refractivity contribution in [3.8, 4) is 11.1 Å². The standard InChI is InChI=1S/C30H31ClN2O5/c1-38-30(37)27(32-28(34)25-8-4-5-9-26(25)31)18-20-10-12-21(13-11-20)24-7-3-2-6-23(24)19-33-16-14-22(15-17-33)29(35)36/h2-13,22,27H,14-19H2,1H3,(H,32,34)(H,35,36)/t27-/m0/s1. The summed E-state index contributed by atoms with van der Waals surface area (Å²) in [5.74, 6) is -1.93. The molecule has 0 saturated carbocycles. The number of methoxy groups -OCH3 is 1. The number of hydrogen-bond donors (Lipinski definition) is 2. The summed E-state index contributed by atoms with van der Waals surface area (Å²) in [6.07, 6.45) is 1.60. The first-order valence-electron chi connectivity index (χ1n) is 12.6. The van der Waals surface area contributed by atoms with E-state index < -0.39 is 23.9 Å². The molecule has 0 aliphatic carbocycles. The fourth-order valence-corrected chi connectivity index (χ4v) is 5.01. The number of carboxylic acids is 1. The second-order valence-electron chi connectivity index (χ2n) is 9.48. The molecule has 3 aromatic rings. The SMILES string of the molecule is COC(=O)[C@H](Cc1ccc(-c2ccccc2CN2CCC(C(=O)O)CC2)cc1)NC(=O)c1ccccc1Cl. The van der Waals surface area contributed by atoms with Gasteiger partial charge in [-0.3, -0.25) is 14.5 Å². The van der Waals surface area contributed by atoms with Crippen LogP contribution in [0.5, 0.6) is 0 Å². The highest BCUT2D eigenvalue weighted by Crippen LogP contribution is 2.27. The largest absolute Gasteiger partial charge is 0.481 e. The Balaban J connectivity index is 1.45. The van der Waals surface area contributed by atoms with Crippen molar-refractivity contribution in [2.45, 2.75) is 31.8 Å². The van der Waals surface area contributed by atoms with Crippen LogP contribution in [0.3, 0.4) is 0 Å². The van der Waals surface area contributed by atoms with Crippen molar-refractivity contribution in [1.29, 1.82) is 0 Å². The van der Waals surface area contributed by atoms with Crippen LogP contribution in [0.25, 0.3) is 11.1 Å². The van der Waals surface area contributed by atoms with E-state index in [1.807, 2.05) is 36.4 Å². The molecule has 8 heteroatoms. The maximum absolute atomic E-state index is 12.7. The van der Waals surface area contributed by atoms with E-state index in [2.05, 4.69) is 22.3 Å². The Morgan fingerprint density at radius 3 is 2.32 bits per heavy atom. The van der Waals surface area contributed by atoms with Gasteiger partial charge in [0.15, 0.2) is 0 Å². The number of aliphatic carboxylic acids is 1. The quantitative estimate of drug-likeness (QED) is 0.382. The number of piperidine rings is 1. The molecule has 1 atom stereocenters. The van der Waals surface area contributed by atoms with E-state index in [-0.39, 0.29) is 12.3 Å². The third-order valence-electron chi connectivity index (χ3n) is 6.96. The first kappa shape index (κ1) is 27.4. The minimum atomic E-state index is -0.865. The van der Waals surface area contributed by atoms with Crippen molar-refractivity contribution in [1.82, 2.24) is 10.2 Å². The highest BCUT2D eigenvalue weighted by Gasteiger charge is 2.25. The first-order valence-corrected chi connectivity index (χ1v) is 13.0. The molecular formula is C30H31ClN2O5. The summed E-state index contributed by atoms with van der Waals surface area (Å²) in [5.41, 5.74) is 4.49. The van der Waals surface area contributed by atoms with Crippen molar-refractivity contribution in [3.63, 3.8) is 0 Å². The number of benzene rings is 3. The van der Waals surface area contributed by atoms with Crippen LogP contribution >= 0.6 is 11.6 Å². The van der Waals surface area contributed by atoms with E-state index in [0.717, 1.165) is 36.3 Å². The van der Waals surface area contributed by atoms with Crippen LogP contribution < -0.4 is 5.32 Å². The Morgan fingerprint density at radius 2 is 1.66 bits per heavy atom. The third-order valence-corrected chi connectivity index (χ3v) is 7.29. The predicted molar refractivity (Wildman–Crippen MR) is 146 cm³/mol. The molecule has 1 amide bonds. The van der Waals surface area contributed by atoms with Gasteiger partial charge in [-0.1, -0.05) is 72.3 Å². The Labute approximate surface area is 227 Å². The molecular weight excluding hydrogens is 504 g/mol. The molecule has 1 fully saturated rings. The minimum absolute atomic E-state index is 0.252. The van der Waals surface area contributed by atoms with Crippen molar-refractivity contribution < 1.29 is 24.2 Å². The molecule has 1 saturated heterocycles. The van der Waals surface area contributed by atoms with Gasteiger partial charge in [0.1, 0.15) is 6.04 Å². The molecule has 0 spiro atoms. The van der Waals surface area contributed by atoms with E-state index in [1.54, 1.807) is 24.3 Å². The number of esters is 1. The van der Waals surface area contributed by atoms with Crippen LogP contribution in [-0.2, 0) is 27.3 Å². The van der Waals surface area contributed by atoms with Gasteiger partial charge >= 0.3 is 11.9 Å². The van der Waals surface area contributed by atoms with E-state index >= 15 is 0 Å². The number of ether oxygens (including phenoxy) is 1. The van der Waals surface area contributed by atoms with Crippen molar-refractivity contribution in [2.24, 2.45) is 5.92 Å². The van der Waals surface area contributed by atoms with E-state index in [0.29, 0.717) is 23.4 Å². The zero-order chi connectivity index (χ0) is 27.1.